The van der Waals surface area contributed by atoms with Gasteiger partial charge in [0.05, 0.1) is 0 Å². The van der Waals surface area contributed by atoms with Crippen LogP contribution in [0.5, 0.6) is 0 Å². The zero-order chi connectivity index (χ0) is 20.9. The van der Waals surface area contributed by atoms with E-state index in [1.807, 2.05) is 0 Å². The van der Waals surface area contributed by atoms with Crippen molar-refractivity contribution in [1.29, 1.82) is 0 Å². The molecule has 2 aliphatic heterocycles. The highest BCUT2D eigenvalue weighted by atomic mass is 32.1. The molecule has 0 unspecified atom stereocenters. The quantitative estimate of drug-likeness (QED) is 0.644. The number of nitrogens with zero attached hydrogens (tertiary/aromatic N) is 6. The second-order valence-corrected chi connectivity index (χ2v) is 8.44. The van der Waals surface area contributed by atoms with Crippen molar-refractivity contribution in [3.63, 3.8) is 0 Å². The number of likely N-dealkylation sites (tertiary alicyclic amines) is 1. The minimum absolute atomic E-state index is 0.0510. The third-order valence-electron chi connectivity index (χ3n) is 5.60. The van der Waals surface area contributed by atoms with Crippen LogP contribution in [0.2, 0.25) is 0 Å². The number of fused-ring (bicyclic) bond motifs is 1. The van der Waals surface area contributed by atoms with E-state index in [1.54, 1.807) is 15.0 Å². The number of carbonyl (C=O) groups is 2. The molecule has 0 saturated carbocycles. The van der Waals surface area contributed by atoms with Crippen molar-refractivity contribution in [3.05, 3.63) is 21.8 Å². The van der Waals surface area contributed by atoms with Crippen molar-refractivity contribution in [2.24, 2.45) is 5.92 Å². The largest absolute Gasteiger partial charge is 0.345 e. The van der Waals surface area contributed by atoms with Crippen LogP contribution in [0.3, 0.4) is 0 Å². The van der Waals surface area contributed by atoms with E-state index in [9.17, 15) is 14.4 Å². The molecule has 3 amide bonds. The zero-order valence-corrected chi connectivity index (χ0v) is 17.6. The summed E-state index contributed by atoms with van der Waals surface area (Å²) in [6.07, 6.45) is 4.83. The van der Waals surface area contributed by atoms with Crippen LogP contribution in [0, 0.1) is 5.92 Å². The Hall–Kier alpha value is -2.76. The average Bonchev–Trinajstić information content (AvgIpc) is 3.39. The highest BCUT2D eigenvalue weighted by molar-refractivity contribution is 7.13. The molecule has 2 aromatic rings. The van der Waals surface area contributed by atoms with E-state index >= 15 is 0 Å². The van der Waals surface area contributed by atoms with E-state index in [1.165, 1.54) is 16.0 Å². The molecule has 4 rings (SSSR count). The molecular weight excluding hydrogens is 408 g/mol. The lowest BCUT2D eigenvalue weighted by Crippen LogP contribution is -2.46. The number of nitrogens with one attached hydrogen (secondary N) is 2. The molecule has 162 valence electrons. The summed E-state index contributed by atoms with van der Waals surface area (Å²) < 4.78 is 3.27. The first-order valence-electron chi connectivity index (χ1n) is 10.4. The van der Waals surface area contributed by atoms with Crippen LogP contribution in [-0.2, 0) is 24.3 Å². The van der Waals surface area contributed by atoms with E-state index in [4.69, 9.17) is 0 Å². The van der Waals surface area contributed by atoms with Gasteiger partial charge in [-0.05, 0) is 32.1 Å². The first kappa shape index (κ1) is 20.5. The van der Waals surface area contributed by atoms with Crippen molar-refractivity contribution in [2.75, 3.05) is 25.0 Å². The van der Waals surface area contributed by atoms with Gasteiger partial charge in [-0.15, -0.1) is 10.2 Å². The van der Waals surface area contributed by atoms with E-state index in [0.717, 1.165) is 31.6 Å². The number of rotatable bonds is 6. The fourth-order valence-electron chi connectivity index (χ4n) is 3.91. The van der Waals surface area contributed by atoms with Crippen molar-refractivity contribution in [1.82, 2.24) is 34.8 Å². The average molecular weight is 435 g/mol. The molecule has 12 heteroatoms. The van der Waals surface area contributed by atoms with Crippen LogP contribution in [0.15, 0.2) is 10.3 Å². The maximum absolute atomic E-state index is 12.4. The Kier molecular flexibility index (Phi) is 6.41. The molecule has 0 aliphatic carbocycles. The molecule has 11 nitrogen and oxygen atoms in total. The summed E-state index contributed by atoms with van der Waals surface area (Å²) in [6.45, 7) is 2.79. The van der Waals surface area contributed by atoms with Crippen LogP contribution < -0.4 is 16.3 Å². The molecule has 2 N–H and O–H groups in total. The number of piperidine rings is 1. The number of amides is 3. The number of anilines is 1. The molecular formula is C18H26N8O3S. The lowest BCUT2D eigenvalue weighted by molar-refractivity contribution is -0.121. The van der Waals surface area contributed by atoms with Crippen molar-refractivity contribution in [2.45, 2.75) is 51.6 Å². The van der Waals surface area contributed by atoms with Crippen molar-refractivity contribution >= 4 is 28.4 Å². The highest BCUT2D eigenvalue weighted by Gasteiger charge is 2.27. The number of carbonyl (C=O) groups excluding carboxylic acids is 2. The second-order valence-electron chi connectivity index (χ2n) is 7.61. The summed E-state index contributed by atoms with van der Waals surface area (Å²) in [5.41, 5.74) is 1.52. The normalized spacial score (nSPS) is 16.9. The Balaban J connectivity index is 1.16. The number of aryl methyl sites for hydroxylation is 2. The summed E-state index contributed by atoms with van der Waals surface area (Å²) in [5, 5.41) is 18.1. The van der Waals surface area contributed by atoms with Gasteiger partial charge in [0.2, 0.25) is 11.0 Å². The van der Waals surface area contributed by atoms with Gasteiger partial charge in [0, 0.05) is 45.1 Å². The maximum atomic E-state index is 12.4. The van der Waals surface area contributed by atoms with Gasteiger partial charge in [0.25, 0.3) is 0 Å². The SMILES string of the molecule is O=C(Nc1nncs1)C1CCN(C(=O)NCCCn2nc3n(c2=O)CCCC3)CC1. The number of hydrogen-bond acceptors (Lipinski definition) is 7. The fraction of sp³-hybridized carbons (Fsp3) is 0.667. The summed E-state index contributed by atoms with van der Waals surface area (Å²) in [7, 11) is 0. The molecule has 30 heavy (non-hydrogen) atoms. The zero-order valence-electron chi connectivity index (χ0n) is 16.7. The highest BCUT2D eigenvalue weighted by Crippen LogP contribution is 2.20. The molecule has 0 bridgehead atoms. The van der Waals surface area contributed by atoms with Gasteiger partial charge < -0.3 is 15.5 Å². The van der Waals surface area contributed by atoms with Crippen LogP contribution in [0.4, 0.5) is 9.93 Å². The molecule has 2 aromatic heterocycles. The molecule has 4 heterocycles. The van der Waals surface area contributed by atoms with E-state index in [0.29, 0.717) is 50.6 Å². The van der Waals surface area contributed by atoms with Crippen LogP contribution in [0.25, 0.3) is 0 Å². The summed E-state index contributed by atoms with van der Waals surface area (Å²) in [5.74, 6) is 0.671. The molecule has 1 saturated heterocycles. The van der Waals surface area contributed by atoms with Gasteiger partial charge >= 0.3 is 11.7 Å². The monoisotopic (exact) mass is 434 g/mol. The van der Waals surface area contributed by atoms with Gasteiger partial charge in [-0.1, -0.05) is 11.3 Å². The Labute approximate surface area is 177 Å². The predicted octanol–water partition coefficient (Wildman–Crippen LogP) is 0.683. The van der Waals surface area contributed by atoms with E-state index in [2.05, 4.69) is 25.9 Å². The fourth-order valence-corrected chi connectivity index (χ4v) is 4.36. The Morgan fingerprint density at radius 3 is 2.77 bits per heavy atom. The number of hydrogen-bond donors (Lipinski definition) is 2. The maximum Gasteiger partial charge on any atom is 0.345 e. The summed E-state index contributed by atoms with van der Waals surface area (Å²) in [6, 6.07) is -0.130. The first-order valence-corrected chi connectivity index (χ1v) is 11.3. The molecule has 1 fully saturated rings. The topological polar surface area (TPSA) is 127 Å². The number of urea groups is 1. The minimum Gasteiger partial charge on any atom is -0.338 e. The Morgan fingerprint density at radius 2 is 2.03 bits per heavy atom. The van der Waals surface area contributed by atoms with Crippen LogP contribution >= 0.6 is 11.3 Å². The van der Waals surface area contributed by atoms with Crippen molar-refractivity contribution < 1.29 is 9.59 Å². The molecule has 0 atom stereocenters. The van der Waals surface area contributed by atoms with Crippen LogP contribution in [0.1, 0.15) is 37.9 Å². The van der Waals surface area contributed by atoms with Gasteiger partial charge in [-0.25, -0.2) is 14.3 Å². The number of aromatic nitrogens is 5. The van der Waals surface area contributed by atoms with Gasteiger partial charge in [0.15, 0.2) is 0 Å². The van der Waals surface area contributed by atoms with Gasteiger partial charge in [-0.3, -0.25) is 9.36 Å². The van der Waals surface area contributed by atoms with E-state index < -0.39 is 0 Å². The third kappa shape index (κ3) is 4.69. The standard InChI is InChI=1S/C18H26N8O3S/c27-15(21-16-22-20-12-30-16)13-5-10-24(11-6-13)17(28)19-7-3-9-26-18(29)25-8-2-1-4-14(25)23-26/h12-13H,1-11H2,(H,19,28)(H,21,22,27). The minimum atomic E-state index is -0.130. The first-order chi connectivity index (χ1) is 14.6. The molecule has 0 radical (unpaired) electrons. The summed E-state index contributed by atoms with van der Waals surface area (Å²) in [4.78, 5) is 38.7. The lowest BCUT2D eigenvalue weighted by Gasteiger charge is -2.31. The lowest BCUT2D eigenvalue weighted by atomic mass is 9.96. The Bertz CT molecular complexity index is 930. The predicted molar refractivity (Wildman–Crippen MR) is 110 cm³/mol. The smallest absolute Gasteiger partial charge is 0.338 e. The molecule has 0 aromatic carbocycles. The van der Waals surface area contributed by atoms with Gasteiger partial charge in [0.1, 0.15) is 11.3 Å². The molecule has 0 spiro atoms. The van der Waals surface area contributed by atoms with Crippen LogP contribution in [-0.4, -0.2) is 61.0 Å². The van der Waals surface area contributed by atoms with Gasteiger partial charge in [-0.2, -0.15) is 5.10 Å². The molecule has 2 aliphatic rings. The van der Waals surface area contributed by atoms with Crippen molar-refractivity contribution in [3.8, 4) is 0 Å². The Morgan fingerprint density at radius 1 is 1.20 bits per heavy atom. The third-order valence-corrected chi connectivity index (χ3v) is 6.20. The second kappa shape index (κ2) is 9.37. The van der Waals surface area contributed by atoms with E-state index in [-0.39, 0.29) is 23.5 Å². The summed E-state index contributed by atoms with van der Waals surface area (Å²) >= 11 is 1.28.